The van der Waals surface area contributed by atoms with Crippen molar-refractivity contribution in [3.05, 3.63) is 58.1 Å². The van der Waals surface area contributed by atoms with Crippen LogP contribution in [-0.4, -0.2) is 10.9 Å². The maximum absolute atomic E-state index is 9.18. The van der Waals surface area contributed by atoms with Gasteiger partial charge in [0.1, 0.15) is 5.75 Å². The first-order chi connectivity index (χ1) is 8.65. The monoisotopic (exact) mass is 298 g/mol. The minimum atomic E-state index is 0.292. The molecule has 0 amide bonds. The van der Waals surface area contributed by atoms with Crippen LogP contribution >= 0.6 is 35.0 Å². The zero-order chi connectivity index (χ0) is 13.0. The molecule has 18 heavy (non-hydrogen) atoms. The molecular formula is C14H12Cl2OS. The van der Waals surface area contributed by atoms with E-state index in [-0.39, 0.29) is 0 Å². The Kier molecular flexibility index (Phi) is 4.81. The highest BCUT2D eigenvalue weighted by Gasteiger charge is 2.02. The van der Waals surface area contributed by atoms with Gasteiger partial charge in [-0.25, -0.2) is 0 Å². The number of thioether (sulfide) groups is 1. The number of aryl methyl sites for hydroxylation is 1. The predicted octanol–water partition coefficient (Wildman–Crippen LogP) is 5.03. The molecule has 0 bridgehead atoms. The third-order valence-electron chi connectivity index (χ3n) is 2.49. The number of aromatic hydroxyl groups is 1. The Labute approximate surface area is 121 Å². The Morgan fingerprint density at radius 2 is 1.72 bits per heavy atom. The molecule has 94 valence electrons. The summed E-state index contributed by atoms with van der Waals surface area (Å²) in [6, 6.07) is 12.8. The van der Waals surface area contributed by atoms with Crippen molar-refractivity contribution < 1.29 is 5.11 Å². The molecular weight excluding hydrogens is 287 g/mol. The molecule has 1 N–H and O–H groups in total. The SMILES string of the molecule is Oc1ccc(SCCc2ccc(Cl)cc2Cl)cc1. The minimum Gasteiger partial charge on any atom is -0.508 e. The molecule has 0 heterocycles. The molecule has 0 fully saturated rings. The fraction of sp³-hybridized carbons (Fsp3) is 0.143. The molecule has 0 aliphatic heterocycles. The van der Waals surface area contributed by atoms with Gasteiger partial charge in [-0.1, -0.05) is 29.3 Å². The van der Waals surface area contributed by atoms with Crippen molar-refractivity contribution in [3.8, 4) is 5.75 Å². The second kappa shape index (κ2) is 6.37. The van der Waals surface area contributed by atoms with E-state index in [2.05, 4.69) is 0 Å². The smallest absolute Gasteiger partial charge is 0.115 e. The van der Waals surface area contributed by atoms with Gasteiger partial charge in [-0.05, 0) is 48.4 Å². The van der Waals surface area contributed by atoms with Crippen molar-refractivity contribution in [1.29, 1.82) is 0 Å². The van der Waals surface area contributed by atoms with Crippen LogP contribution < -0.4 is 0 Å². The lowest BCUT2D eigenvalue weighted by atomic mass is 10.2. The van der Waals surface area contributed by atoms with Crippen molar-refractivity contribution in [2.45, 2.75) is 11.3 Å². The first-order valence-electron chi connectivity index (χ1n) is 5.51. The zero-order valence-electron chi connectivity index (χ0n) is 9.57. The van der Waals surface area contributed by atoms with Crippen LogP contribution in [0.2, 0.25) is 10.0 Å². The highest BCUT2D eigenvalue weighted by molar-refractivity contribution is 7.99. The molecule has 0 aliphatic carbocycles. The van der Waals surface area contributed by atoms with E-state index >= 15 is 0 Å². The first kappa shape index (κ1) is 13.6. The van der Waals surface area contributed by atoms with Crippen molar-refractivity contribution in [2.75, 3.05) is 5.75 Å². The van der Waals surface area contributed by atoms with Gasteiger partial charge in [-0.3, -0.25) is 0 Å². The minimum absolute atomic E-state index is 0.292. The van der Waals surface area contributed by atoms with Crippen LogP contribution in [0.4, 0.5) is 0 Å². The second-order valence-electron chi connectivity index (χ2n) is 3.83. The van der Waals surface area contributed by atoms with Crippen LogP contribution in [0.5, 0.6) is 5.75 Å². The average Bonchev–Trinajstić information content (AvgIpc) is 2.34. The summed E-state index contributed by atoms with van der Waals surface area (Å²) in [6.07, 6.45) is 0.890. The van der Waals surface area contributed by atoms with E-state index in [1.54, 1.807) is 30.0 Å². The fourth-order valence-corrected chi connectivity index (χ4v) is 2.93. The highest BCUT2D eigenvalue weighted by Crippen LogP contribution is 2.25. The quantitative estimate of drug-likeness (QED) is 0.799. The number of rotatable bonds is 4. The van der Waals surface area contributed by atoms with Crippen LogP contribution in [0.1, 0.15) is 5.56 Å². The Hall–Kier alpha value is -0.830. The topological polar surface area (TPSA) is 20.2 Å². The van der Waals surface area contributed by atoms with Gasteiger partial charge in [-0.2, -0.15) is 0 Å². The fourth-order valence-electron chi connectivity index (χ4n) is 1.55. The lowest BCUT2D eigenvalue weighted by molar-refractivity contribution is 0.475. The van der Waals surface area contributed by atoms with Crippen LogP contribution in [0.25, 0.3) is 0 Å². The molecule has 0 atom stereocenters. The third-order valence-corrected chi connectivity index (χ3v) is 4.09. The zero-order valence-corrected chi connectivity index (χ0v) is 11.9. The van der Waals surface area contributed by atoms with Gasteiger partial charge in [0.15, 0.2) is 0 Å². The van der Waals surface area contributed by atoms with Crippen molar-refractivity contribution in [1.82, 2.24) is 0 Å². The third kappa shape index (κ3) is 3.84. The van der Waals surface area contributed by atoms with Gasteiger partial charge in [0.2, 0.25) is 0 Å². The van der Waals surface area contributed by atoms with Gasteiger partial charge >= 0.3 is 0 Å². The number of hydrogen-bond acceptors (Lipinski definition) is 2. The van der Waals surface area contributed by atoms with E-state index in [0.29, 0.717) is 15.8 Å². The molecule has 0 spiro atoms. The van der Waals surface area contributed by atoms with Crippen LogP contribution in [0, 0.1) is 0 Å². The number of benzene rings is 2. The van der Waals surface area contributed by atoms with Gasteiger partial charge in [-0.15, -0.1) is 11.8 Å². The van der Waals surface area contributed by atoms with Crippen molar-refractivity contribution in [3.63, 3.8) is 0 Å². The van der Waals surface area contributed by atoms with E-state index in [1.807, 2.05) is 24.3 Å². The Morgan fingerprint density at radius 3 is 2.39 bits per heavy atom. The molecule has 4 heteroatoms. The van der Waals surface area contributed by atoms with Crippen LogP contribution in [-0.2, 0) is 6.42 Å². The molecule has 0 saturated carbocycles. The number of phenols is 1. The molecule has 0 saturated heterocycles. The molecule has 0 radical (unpaired) electrons. The largest absolute Gasteiger partial charge is 0.508 e. The molecule has 0 aliphatic rings. The Morgan fingerprint density at radius 1 is 1.00 bits per heavy atom. The second-order valence-corrected chi connectivity index (χ2v) is 5.84. The van der Waals surface area contributed by atoms with E-state index in [0.717, 1.165) is 22.6 Å². The van der Waals surface area contributed by atoms with Gasteiger partial charge in [0.05, 0.1) is 0 Å². The predicted molar refractivity (Wildman–Crippen MR) is 79.0 cm³/mol. The molecule has 0 aromatic heterocycles. The van der Waals surface area contributed by atoms with Crippen LogP contribution in [0.15, 0.2) is 47.4 Å². The summed E-state index contributed by atoms with van der Waals surface area (Å²) < 4.78 is 0. The van der Waals surface area contributed by atoms with E-state index in [9.17, 15) is 5.11 Å². The van der Waals surface area contributed by atoms with Crippen LogP contribution in [0.3, 0.4) is 0 Å². The standard InChI is InChI=1S/C14H12Cl2OS/c15-11-2-1-10(14(16)9-11)7-8-18-13-5-3-12(17)4-6-13/h1-6,9,17H,7-8H2. The molecule has 2 aromatic carbocycles. The van der Waals surface area contributed by atoms with Gasteiger partial charge in [0, 0.05) is 20.7 Å². The summed E-state index contributed by atoms with van der Waals surface area (Å²) in [6.45, 7) is 0. The lowest BCUT2D eigenvalue weighted by Crippen LogP contribution is -1.89. The van der Waals surface area contributed by atoms with E-state index in [4.69, 9.17) is 23.2 Å². The van der Waals surface area contributed by atoms with E-state index in [1.165, 1.54) is 0 Å². The summed E-state index contributed by atoms with van der Waals surface area (Å²) in [7, 11) is 0. The normalized spacial score (nSPS) is 10.6. The average molecular weight is 299 g/mol. The van der Waals surface area contributed by atoms with Gasteiger partial charge < -0.3 is 5.11 Å². The number of phenolic OH excluding ortho intramolecular Hbond substituents is 1. The summed E-state index contributed by atoms with van der Waals surface area (Å²) in [5.74, 6) is 1.23. The van der Waals surface area contributed by atoms with Gasteiger partial charge in [0.25, 0.3) is 0 Å². The molecule has 0 unspecified atom stereocenters. The summed E-state index contributed by atoms with van der Waals surface area (Å²) in [4.78, 5) is 1.14. The summed E-state index contributed by atoms with van der Waals surface area (Å²) in [5.41, 5.74) is 1.10. The number of halogens is 2. The highest BCUT2D eigenvalue weighted by atomic mass is 35.5. The first-order valence-corrected chi connectivity index (χ1v) is 7.25. The molecule has 2 aromatic rings. The Bertz CT molecular complexity index is 526. The van der Waals surface area contributed by atoms with Crippen molar-refractivity contribution in [2.24, 2.45) is 0 Å². The lowest BCUT2D eigenvalue weighted by Gasteiger charge is -2.05. The molecule has 2 rings (SSSR count). The maximum Gasteiger partial charge on any atom is 0.115 e. The summed E-state index contributed by atoms with van der Waals surface area (Å²) in [5, 5.41) is 10.6. The maximum atomic E-state index is 9.18. The Balaban J connectivity index is 1.90. The van der Waals surface area contributed by atoms with E-state index < -0.39 is 0 Å². The molecule has 1 nitrogen and oxygen atoms in total. The number of hydrogen-bond donors (Lipinski definition) is 1. The van der Waals surface area contributed by atoms with Crippen molar-refractivity contribution >= 4 is 35.0 Å². The summed E-state index contributed by atoms with van der Waals surface area (Å²) >= 11 is 13.7.